The second kappa shape index (κ2) is 8.39. The van der Waals surface area contributed by atoms with Crippen LogP contribution in [0.1, 0.15) is 0 Å². The van der Waals surface area contributed by atoms with Gasteiger partial charge in [0.1, 0.15) is 0 Å². The number of aromatic nitrogens is 4. The molecule has 2 aromatic carbocycles. The van der Waals surface area contributed by atoms with Gasteiger partial charge in [0.05, 0.1) is 20.8 Å². The number of rotatable bonds is 6. The third kappa shape index (κ3) is 3.87. The molecule has 30 heavy (non-hydrogen) atoms. The Balaban J connectivity index is 1.36. The molecular formula is C21H15N5OS3. The first-order valence-corrected chi connectivity index (χ1v) is 11.8. The summed E-state index contributed by atoms with van der Waals surface area (Å²) in [4.78, 5) is 18.0. The summed E-state index contributed by atoms with van der Waals surface area (Å²) in [5.41, 5.74) is 1.84. The number of anilines is 1. The first-order chi connectivity index (χ1) is 14.8. The van der Waals surface area contributed by atoms with Crippen molar-refractivity contribution in [2.24, 2.45) is 0 Å². The highest BCUT2D eigenvalue weighted by Gasteiger charge is 2.18. The number of carbonyl (C=O) groups excluding carboxylic acids is 1. The van der Waals surface area contributed by atoms with Gasteiger partial charge in [0.25, 0.3) is 0 Å². The third-order valence-electron chi connectivity index (χ3n) is 4.26. The molecule has 9 heteroatoms. The van der Waals surface area contributed by atoms with Crippen LogP contribution in [-0.4, -0.2) is 31.4 Å². The van der Waals surface area contributed by atoms with Crippen LogP contribution in [0.4, 0.5) is 5.13 Å². The summed E-state index contributed by atoms with van der Waals surface area (Å²) in [6.45, 7) is 0. The Bertz CT molecular complexity index is 1260. The van der Waals surface area contributed by atoms with Crippen molar-refractivity contribution in [2.75, 3.05) is 11.1 Å². The molecule has 0 aliphatic heterocycles. The van der Waals surface area contributed by atoms with Gasteiger partial charge in [-0.3, -0.25) is 9.36 Å². The number of benzene rings is 2. The van der Waals surface area contributed by atoms with Crippen LogP contribution >= 0.6 is 34.4 Å². The fourth-order valence-electron chi connectivity index (χ4n) is 2.95. The van der Waals surface area contributed by atoms with Gasteiger partial charge >= 0.3 is 0 Å². The minimum Gasteiger partial charge on any atom is -0.301 e. The number of nitrogens with zero attached hydrogens (tertiary/aromatic N) is 4. The molecule has 0 spiro atoms. The average molecular weight is 450 g/mol. The molecule has 148 valence electrons. The summed E-state index contributed by atoms with van der Waals surface area (Å²) in [5, 5.41) is 14.9. The summed E-state index contributed by atoms with van der Waals surface area (Å²) in [7, 11) is 0. The van der Waals surface area contributed by atoms with Crippen LogP contribution in [0.3, 0.4) is 0 Å². The molecule has 0 aliphatic carbocycles. The van der Waals surface area contributed by atoms with Gasteiger partial charge in [0, 0.05) is 5.69 Å². The maximum Gasteiger partial charge on any atom is 0.236 e. The van der Waals surface area contributed by atoms with Crippen LogP contribution in [0.15, 0.2) is 77.3 Å². The minimum absolute atomic E-state index is 0.126. The van der Waals surface area contributed by atoms with Gasteiger partial charge in [-0.05, 0) is 35.7 Å². The lowest BCUT2D eigenvalue weighted by Gasteiger charge is -2.09. The SMILES string of the molecule is O=C(CSc1nnc(-c2cccs2)n1-c1ccccc1)Nc1nc2ccccc2s1. The highest BCUT2D eigenvalue weighted by molar-refractivity contribution is 7.99. The van der Waals surface area contributed by atoms with Crippen LogP contribution in [0.25, 0.3) is 26.6 Å². The molecule has 0 saturated heterocycles. The summed E-state index contributed by atoms with van der Waals surface area (Å²) >= 11 is 4.43. The van der Waals surface area contributed by atoms with Crippen molar-refractivity contribution >= 4 is 55.7 Å². The van der Waals surface area contributed by atoms with E-state index < -0.39 is 0 Å². The Labute approximate surface area is 184 Å². The molecular weight excluding hydrogens is 434 g/mol. The predicted molar refractivity (Wildman–Crippen MR) is 124 cm³/mol. The number of hydrogen-bond acceptors (Lipinski definition) is 7. The zero-order valence-electron chi connectivity index (χ0n) is 15.6. The summed E-state index contributed by atoms with van der Waals surface area (Å²) in [5.74, 6) is 0.857. The number of thiophene rings is 1. The van der Waals surface area contributed by atoms with Crippen LogP contribution in [0.2, 0.25) is 0 Å². The van der Waals surface area contributed by atoms with E-state index in [0.29, 0.717) is 10.3 Å². The van der Waals surface area contributed by atoms with Gasteiger partial charge in [-0.1, -0.05) is 59.5 Å². The molecule has 0 fully saturated rings. The number of para-hydroxylation sites is 2. The Morgan fingerprint density at radius 3 is 2.63 bits per heavy atom. The van der Waals surface area contributed by atoms with Gasteiger partial charge in [-0.25, -0.2) is 4.98 Å². The van der Waals surface area contributed by atoms with E-state index >= 15 is 0 Å². The van der Waals surface area contributed by atoms with Crippen molar-refractivity contribution in [3.63, 3.8) is 0 Å². The Morgan fingerprint density at radius 1 is 1.00 bits per heavy atom. The number of hydrogen-bond donors (Lipinski definition) is 1. The van der Waals surface area contributed by atoms with Gasteiger partial charge in [0.15, 0.2) is 16.1 Å². The van der Waals surface area contributed by atoms with Gasteiger partial charge in [-0.15, -0.1) is 21.5 Å². The molecule has 5 rings (SSSR count). The molecule has 0 saturated carbocycles. The first kappa shape index (κ1) is 19.0. The van der Waals surface area contributed by atoms with Crippen LogP contribution < -0.4 is 5.32 Å². The lowest BCUT2D eigenvalue weighted by molar-refractivity contribution is -0.113. The zero-order valence-corrected chi connectivity index (χ0v) is 18.0. The number of amides is 1. The van der Waals surface area contributed by atoms with Crippen molar-refractivity contribution in [2.45, 2.75) is 5.16 Å². The monoisotopic (exact) mass is 449 g/mol. The summed E-state index contributed by atoms with van der Waals surface area (Å²) in [6, 6.07) is 21.8. The highest BCUT2D eigenvalue weighted by Crippen LogP contribution is 2.31. The molecule has 0 atom stereocenters. The molecule has 3 aromatic heterocycles. The molecule has 1 N–H and O–H groups in total. The fourth-order valence-corrected chi connectivity index (χ4v) is 5.28. The van der Waals surface area contributed by atoms with E-state index in [2.05, 4.69) is 20.5 Å². The molecule has 0 unspecified atom stereocenters. The summed E-state index contributed by atoms with van der Waals surface area (Å²) < 4.78 is 3.03. The molecule has 0 bridgehead atoms. The predicted octanol–water partition coefficient (Wildman–Crippen LogP) is 5.34. The third-order valence-corrected chi connectivity index (χ3v) is 7.01. The maximum atomic E-state index is 12.5. The van der Waals surface area contributed by atoms with E-state index in [1.165, 1.54) is 23.1 Å². The second-order valence-electron chi connectivity index (χ2n) is 6.28. The minimum atomic E-state index is -0.126. The average Bonchev–Trinajstić information content (AvgIpc) is 3.51. The molecule has 3 heterocycles. The molecule has 0 aliphatic rings. The van der Waals surface area contributed by atoms with Crippen LogP contribution in [0.5, 0.6) is 0 Å². The van der Waals surface area contributed by atoms with Crippen molar-refractivity contribution in [1.82, 2.24) is 19.7 Å². The Hall–Kier alpha value is -3.01. The quantitative estimate of drug-likeness (QED) is 0.355. The number of carbonyl (C=O) groups is 1. The fraction of sp³-hybridized carbons (Fsp3) is 0.0476. The highest BCUT2D eigenvalue weighted by atomic mass is 32.2. The normalized spacial score (nSPS) is 11.1. The Morgan fingerprint density at radius 2 is 1.83 bits per heavy atom. The molecule has 6 nitrogen and oxygen atoms in total. The number of thioether (sulfide) groups is 1. The number of thiazole rings is 1. The lowest BCUT2D eigenvalue weighted by atomic mass is 10.3. The van der Waals surface area contributed by atoms with Gasteiger partial charge < -0.3 is 5.32 Å². The summed E-state index contributed by atoms with van der Waals surface area (Å²) in [6.07, 6.45) is 0. The number of nitrogens with one attached hydrogen (secondary N) is 1. The van der Waals surface area contributed by atoms with E-state index in [1.54, 1.807) is 11.3 Å². The van der Waals surface area contributed by atoms with E-state index in [4.69, 9.17) is 0 Å². The van der Waals surface area contributed by atoms with Crippen molar-refractivity contribution in [3.05, 3.63) is 72.1 Å². The molecule has 1 amide bonds. The second-order valence-corrected chi connectivity index (χ2v) is 9.20. The van der Waals surface area contributed by atoms with Gasteiger partial charge in [-0.2, -0.15) is 0 Å². The first-order valence-electron chi connectivity index (χ1n) is 9.11. The molecule has 5 aromatic rings. The lowest BCUT2D eigenvalue weighted by Crippen LogP contribution is -2.14. The maximum absolute atomic E-state index is 12.5. The van der Waals surface area contributed by atoms with Crippen molar-refractivity contribution in [1.29, 1.82) is 0 Å². The smallest absolute Gasteiger partial charge is 0.236 e. The molecule has 0 radical (unpaired) electrons. The topological polar surface area (TPSA) is 72.7 Å². The van der Waals surface area contributed by atoms with E-state index in [1.807, 2.05) is 76.7 Å². The van der Waals surface area contributed by atoms with E-state index in [0.717, 1.165) is 26.6 Å². The van der Waals surface area contributed by atoms with Crippen molar-refractivity contribution in [3.8, 4) is 16.4 Å². The van der Waals surface area contributed by atoms with Crippen LogP contribution in [-0.2, 0) is 4.79 Å². The largest absolute Gasteiger partial charge is 0.301 e. The van der Waals surface area contributed by atoms with Crippen LogP contribution in [0, 0.1) is 0 Å². The van der Waals surface area contributed by atoms with Crippen molar-refractivity contribution < 1.29 is 4.79 Å². The standard InChI is InChI=1S/C21H15N5OS3/c27-18(23-20-22-15-9-4-5-10-16(15)30-20)13-29-21-25-24-19(17-11-6-12-28-17)26(21)14-7-2-1-3-8-14/h1-12H,13H2,(H,22,23,27). The number of fused-ring (bicyclic) bond motifs is 1. The zero-order chi connectivity index (χ0) is 20.3. The van der Waals surface area contributed by atoms with E-state index in [-0.39, 0.29) is 11.7 Å². The van der Waals surface area contributed by atoms with E-state index in [9.17, 15) is 4.79 Å². The van der Waals surface area contributed by atoms with Gasteiger partial charge in [0.2, 0.25) is 5.91 Å². The Kier molecular flexibility index (Phi) is 5.31.